The number of carbonyl (C=O) groups excluding carboxylic acids is 1. The van der Waals surface area contributed by atoms with Crippen LogP contribution in [0.15, 0.2) is 24.0 Å². The number of rotatable bonds is 2. The van der Waals surface area contributed by atoms with Crippen molar-refractivity contribution in [3.8, 4) is 0 Å². The van der Waals surface area contributed by atoms with E-state index in [2.05, 4.69) is 4.74 Å². The summed E-state index contributed by atoms with van der Waals surface area (Å²) >= 11 is 0. The lowest BCUT2D eigenvalue weighted by Gasteiger charge is -2.07. The van der Waals surface area contributed by atoms with E-state index in [1.165, 1.54) is 0 Å². The molecule has 0 radical (unpaired) electrons. The van der Waals surface area contributed by atoms with Crippen molar-refractivity contribution in [2.24, 2.45) is 0 Å². The van der Waals surface area contributed by atoms with Crippen LogP contribution in [0.1, 0.15) is 11.1 Å². The van der Waals surface area contributed by atoms with E-state index in [1.807, 2.05) is 0 Å². The van der Waals surface area contributed by atoms with Gasteiger partial charge in [-0.1, -0.05) is 0 Å². The molecule has 0 aromatic heterocycles. The molecule has 0 aliphatic heterocycles. The van der Waals surface area contributed by atoms with E-state index in [0.717, 1.165) is 7.11 Å². The fourth-order valence-corrected chi connectivity index (χ4v) is 1.12. The lowest BCUT2D eigenvalue weighted by Crippen LogP contribution is -2.06. The van der Waals surface area contributed by atoms with Gasteiger partial charge in [0.15, 0.2) is 0 Å². The number of benzene rings is 1. The minimum atomic E-state index is -4.68. The first-order valence-corrected chi connectivity index (χ1v) is 4.58. The van der Waals surface area contributed by atoms with Crippen molar-refractivity contribution in [2.45, 2.75) is 6.18 Å². The van der Waals surface area contributed by atoms with Gasteiger partial charge < -0.3 is 4.74 Å². The Morgan fingerprint density at radius 3 is 2.44 bits per heavy atom. The standard InChI is InChI=1S/C11H7F5O2/c1-18-10(17)9(13)5-6-4-7(11(14,15)16)2-3-8(6)12/h2-5H,1H3/b9-5-. The molecule has 7 heteroatoms. The highest BCUT2D eigenvalue weighted by atomic mass is 19.4. The molecule has 0 fully saturated rings. The Labute approximate surface area is 98.7 Å². The van der Waals surface area contributed by atoms with Crippen LogP contribution in [-0.2, 0) is 15.7 Å². The summed E-state index contributed by atoms with van der Waals surface area (Å²) in [5.41, 5.74) is -1.83. The molecule has 2 nitrogen and oxygen atoms in total. The van der Waals surface area contributed by atoms with Crippen molar-refractivity contribution in [1.82, 2.24) is 0 Å². The predicted octanol–water partition coefficient (Wildman–Crippen LogP) is 3.33. The number of methoxy groups -OCH3 is 1. The van der Waals surface area contributed by atoms with Gasteiger partial charge in [-0.15, -0.1) is 0 Å². The Kier molecular flexibility index (Phi) is 4.05. The van der Waals surface area contributed by atoms with Gasteiger partial charge in [0.05, 0.1) is 12.7 Å². The summed E-state index contributed by atoms with van der Waals surface area (Å²) in [5, 5.41) is 0. The van der Waals surface area contributed by atoms with Gasteiger partial charge >= 0.3 is 12.1 Å². The quantitative estimate of drug-likeness (QED) is 0.466. The third kappa shape index (κ3) is 3.28. The second kappa shape index (κ2) is 5.16. The minimum Gasteiger partial charge on any atom is -0.464 e. The monoisotopic (exact) mass is 266 g/mol. The number of ether oxygens (including phenoxy) is 1. The summed E-state index contributed by atoms with van der Waals surface area (Å²) in [4.78, 5) is 10.7. The summed E-state index contributed by atoms with van der Waals surface area (Å²) in [6, 6.07) is 1.46. The molecule has 0 heterocycles. The van der Waals surface area contributed by atoms with Gasteiger partial charge in [-0.05, 0) is 24.3 Å². The summed E-state index contributed by atoms with van der Waals surface area (Å²) in [7, 11) is 0.887. The molecule has 0 amide bonds. The molecule has 0 bridgehead atoms. The zero-order valence-electron chi connectivity index (χ0n) is 9.02. The van der Waals surface area contributed by atoms with Gasteiger partial charge in [-0.25, -0.2) is 9.18 Å². The molecular weight excluding hydrogens is 259 g/mol. The number of halogens is 5. The number of esters is 1. The van der Waals surface area contributed by atoms with Crippen molar-refractivity contribution in [3.63, 3.8) is 0 Å². The highest BCUT2D eigenvalue weighted by Gasteiger charge is 2.31. The Morgan fingerprint density at radius 2 is 1.94 bits per heavy atom. The van der Waals surface area contributed by atoms with Crippen LogP contribution in [-0.4, -0.2) is 13.1 Å². The molecule has 0 spiro atoms. The molecule has 0 saturated heterocycles. The molecule has 18 heavy (non-hydrogen) atoms. The van der Waals surface area contributed by atoms with Crippen LogP contribution in [0.2, 0.25) is 0 Å². The van der Waals surface area contributed by atoms with Crippen LogP contribution in [0, 0.1) is 5.82 Å². The Bertz CT molecular complexity index is 491. The maximum Gasteiger partial charge on any atom is 0.416 e. The van der Waals surface area contributed by atoms with Crippen LogP contribution in [0.25, 0.3) is 6.08 Å². The molecule has 0 N–H and O–H groups in total. The molecule has 0 unspecified atom stereocenters. The number of hydrogen-bond acceptors (Lipinski definition) is 2. The first-order valence-electron chi connectivity index (χ1n) is 4.58. The van der Waals surface area contributed by atoms with Crippen LogP contribution in [0.3, 0.4) is 0 Å². The van der Waals surface area contributed by atoms with Crippen molar-refractivity contribution < 1.29 is 31.5 Å². The molecule has 1 aromatic rings. The van der Waals surface area contributed by atoms with Crippen LogP contribution < -0.4 is 0 Å². The van der Waals surface area contributed by atoms with Gasteiger partial charge in [0.2, 0.25) is 5.83 Å². The van der Waals surface area contributed by atoms with Crippen molar-refractivity contribution >= 4 is 12.0 Å². The van der Waals surface area contributed by atoms with Crippen LogP contribution in [0.5, 0.6) is 0 Å². The zero-order valence-corrected chi connectivity index (χ0v) is 9.02. The van der Waals surface area contributed by atoms with Crippen LogP contribution in [0.4, 0.5) is 22.0 Å². The lowest BCUT2D eigenvalue weighted by atomic mass is 10.1. The number of hydrogen-bond donors (Lipinski definition) is 0. The lowest BCUT2D eigenvalue weighted by molar-refractivity contribution is -0.138. The molecule has 0 saturated carbocycles. The smallest absolute Gasteiger partial charge is 0.416 e. The Morgan fingerprint density at radius 1 is 1.33 bits per heavy atom. The van der Waals surface area contributed by atoms with Gasteiger partial charge in [0.25, 0.3) is 0 Å². The summed E-state index contributed by atoms with van der Waals surface area (Å²) < 4.78 is 67.2. The van der Waals surface area contributed by atoms with E-state index in [0.29, 0.717) is 24.3 Å². The Hall–Kier alpha value is -1.92. The summed E-state index contributed by atoms with van der Waals surface area (Å²) in [6.45, 7) is 0. The van der Waals surface area contributed by atoms with Gasteiger partial charge in [0.1, 0.15) is 5.82 Å². The second-order valence-corrected chi connectivity index (χ2v) is 3.22. The van der Waals surface area contributed by atoms with E-state index in [1.54, 1.807) is 0 Å². The molecule has 98 valence electrons. The molecule has 1 aromatic carbocycles. The molecular formula is C11H7F5O2. The predicted molar refractivity (Wildman–Crippen MR) is 52.5 cm³/mol. The molecule has 0 aliphatic rings. The highest BCUT2D eigenvalue weighted by Crippen LogP contribution is 2.30. The fraction of sp³-hybridized carbons (Fsp3) is 0.182. The van der Waals surface area contributed by atoms with Crippen LogP contribution >= 0.6 is 0 Å². The fourth-order valence-electron chi connectivity index (χ4n) is 1.12. The maximum absolute atomic E-state index is 13.2. The van der Waals surface area contributed by atoms with Crippen molar-refractivity contribution in [1.29, 1.82) is 0 Å². The zero-order chi connectivity index (χ0) is 13.9. The summed E-state index contributed by atoms with van der Waals surface area (Å²) in [6.07, 6.45) is -4.34. The molecule has 0 aliphatic carbocycles. The van der Waals surface area contributed by atoms with Gasteiger partial charge in [0, 0.05) is 5.56 Å². The number of carbonyl (C=O) groups is 1. The van der Waals surface area contributed by atoms with E-state index >= 15 is 0 Å². The van der Waals surface area contributed by atoms with E-state index in [9.17, 15) is 26.7 Å². The first-order chi connectivity index (χ1) is 8.25. The topological polar surface area (TPSA) is 26.3 Å². The third-order valence-electron chi connectivity index (χ3n) is 1.99. The van der Waals surface area contributed by atoms with Gasteiger partial charge in [-0.2, -0.15) is 17.6 Å². The average molecular weight is 266 g/mol. The summed E-state index contributed by atoms with van der Waals surface area (Å²) in [5.74, 6) is -3.97. The number of alkyl halides is 3. The van der Waals surface area contributed by atoms with E-state index in [-0.39, 0.29) is 0 Å². The largest absolute Gasteiger partial charge is 0.464 e. The van der Waals surface area contributed by atoms with Gasteiger partial charge in [-0.3, -0.25) is 0 Å². The third-order valence-corrected chi connectivity index (χ3v) is 1.99. The minimum absolute atomic E-state index is 0.344. The van der Waals surface area contributed by atoms with Crippen molar-refractivity contribution in [3.05, 3.63) is 41.0 Å². The van der Waals surface area contributed by atoms with E-state index < -0.39 is 34.9 Å². The molecule has 0 atom stereocenters. The van der Waals surface area contributed by atoms with Crippen molar-refractivity contribution in [2.75, 3.05) is 7.11 Å². The SMILES string of the molecule is COC(=O)/C(F)=C/c1cc(C(F)(F)F)ccc1F. The maximum atomic E-state index is 13.2. The average Bonchev–Trinajstić information content (AvgIpc) is 2.29. The normalized spacial score (nSPS) is 12.4. The second-order valence-electron chi connectivity index (χ2n) is 3.22. The highest BCUT2D eigenvalue weighted by molar-refractivity contribution is 5.91. The first kappa shape index (κ1) is 14.1. The van der Waals surface area contributed by atoms with E-state index in [4.69, 9.17) is 0 Å². The molecule has 1 rings (SSSR count). The Balaban J connectivity index is 3.21.